The lowest BCUT2D eigenvalue weighted by Gasteiger charge is -2.54. The number of piperazine rings is 1. The molecule has 0 aromatic carbocycles. The molecule has 2 aliphatic carbocycles. The summed E-state index contributed by atoms with van der Waals surface area (Å²) in [5.74, 6) is 0.730. The number of rotatable bonds is 3. The molecular weight excluding hydrogens is 260 g/mol. The maximum atomic E-state index is 5.70. The van der Waals surface area contributed by atoms with Gasteiger partial charge in [-0.05, 0) is 44.4 Å². The summed E-state index contributed by atoms with van der Waals surface area (Å²) >= 11 is 0. The van der Waals surface area contributed by atoms with E-state index in [0.29, 0.717) is 17.7 Å². The van der Waals surface area contributed by atoms with Gasteiger partial charge in [0.05, 0.1) is 6.10 Å². The van der Waals surface area contributed by atoms with Crippen molar-refractivity contribution < 1.29 is 4.74 Å². The molecule has 2 saturated carbocycles. The molecule has 1 N–H and O–H groups in total. The first-order valence-electron chi connectivity index (χ1n) is 9.17. The SMILES string of the molecule is COC1CCCC(N2CC(C(C)C)NCC23CCCC3)C1. The van der Waals surface area contributed by atoms with Crippen molar-refractivity contribution in [3.63, 3.8) is 0 Å². The van der Waals surface area contributed by atoms with Crippen LogP contribution in [0, 0.1) is 5.92 Å². The van der Waals surface area contributed by atoms with Crippen molar-refractivity contribution in [1.29, 1.82) is 0 Å². The standard InChI is InChI=1S/C18H34N2O/c1-14(2)17-12-20(15-7-6-8-16(11-15)21-3)18(13-19-17)9-4-5-10-18/h14-17,19H,4-13H2,1-3H3. The zero-order chi connectivity index (χ0) is 14.9. The predicted molar refractivity (Wildman–Crippen MR) is 87.6 cm³/mol. The van der Waals surface area contributed by atoms with Crippen LogP contribution in [0.2, 0.25) is 0 Å². The number of hydrogen-bond acceptors (Lipinski definition) is 3. The Hall–Kier alpha value is -0.120. The first kappa shape index (κ1) is 15.8. The van der Waals surface area contributed by atoms with Gasteiger partial charge in [0.25, 0.3) is 0 Å². The fourth-order valence-electron chi connectivity index (χ4n) is 4.99. The third-order valence-corrected chi connectivity index (χ3v) is 6.41. The second-order valence-electron chi connectivity index (χ2n) is 7.99. The van der Waals surface area contributed by atoms with Gasteiger partial charge >= 0.3 is 0 Å². The van der Waals surface area contributed by atoms with Gasteiger partial charge in [-0.15, -0.1) is 0 Å². The quantitative estimate of drug-likeness (QED) is 0.865. The number of ether oxygens (including phenoxy) is 1. The third-order valence-electron chi connectivity index (χ3n) is 6.41. The van der Waals surface area contributed by atoms with Crippen molar-refractivity contribution in [1.82, 2.24) is 10.2 Å². The van der Waals surface area contributed by atoms with Crippen LogP contribution in [-0.2, 0) is 4.74 Å². The lowest BCUT2D eigenvalue weighted by Crippen LogP contribution is -2.67. The number of methoxy groups -OCH3 is 1. The molecule has 3 unspecified atom stereocenters. The Balaban J connectivity index is 1.76. The van der Waals surface area contributed by atoms with Gasteiger partial charge in [0.2, 0.25) is 0 Å². The fraction of sp³-hybridized carbons (Fsp3) is 1.00. The summed E-state index contributed by atoms with van der Waals surface area (Å²) in [5, 5.41) is 3.87. The fourth-order valence-corrected chi connectivity index (χ4v) is 4.99. The molecule has 0 aromatic heterocycles. The van der Waals surface area contributed by atoms with E-state index in [0.717, 1.165) is 12.0 Å². The van der Waals surface area contributed by atoms with E-state index in [1.165, 1.54) is 64.5 Å². The maximum absolute atomic E-state index is 5.70. The summed E-state index contributed by atoms with van der Waals surface area (Å²) < 4.78 is 5.70. The largest absolute Gasteiger partial charge is 0.381 e. The minimum atomic E-state index is 0.464. The van der Waals surface area contributed by atoms with Crippen LogP contribution in [0.3, 0.4) is 0 Å². The van der Waals surface area contributed by atoms with Crippen LogP contribution in [0.25, 0.3) is 0 Å². The summed E-state index contributed by atoms with van der Waals surface area (Å²) in [6.07, 6.45) is 11.4. The van der Waals surface area contributed by atoms with Crippen LogP contribution in [0.1, 0.15) is 65.2 Å². The highest BCUT2D eigenvalue weighted by Gasteiger charge is 2.47. The van der Waals surface area contributed by atoms with E-state index < -0.39 is 0 Å². The zero-order valence-corrected chi connectivity index (χ0v) is 14.2. The zero-order valence-electron chi connectivity index (χ0n) is 14.2. The van der Waals surface area contributed by atoms with Crippen molar-refractivity contribution in [2.75, 3.05) is 20.2 Å². The van der Waals surface area contributed by atoms with Crippen molar-refractivity contribution >= 4 is 0 Å². The van der Waals surface area contributed by atoms with Gasteiger partial charge in [-0.1, -0.05) is 26.7 Å². The molecule has 1 heterocycles. The molecule has 0 bridgehead atoms. The highest BCUT2D eigenvalue weighted by atomic mass is 16.5. The molecule has 3 heteroatoms. The molecular formula is C18H34N2O. The topological polar surface area (TPSA) is 24.5 Å². The Morgan fingerprint density at radius 3 is 2.57 bits per heavy atom. The molecule has 0 radical (unpaired) electrons. The van der Waals surface area contributed by atoms with Crippen LogP contribution in [0.15, 0.2) is 0 Å². The van der Waals surface area contributed by atoms with E-state index in [4.69, 9.17) is 4.74 Å². The second kappa shape index (κ2) is 6.55. The summed E-state index contributed by atoms with van der Waals surface area (Å²) in [7, 11) is 1.90. The van der Waals surface area contributed by atoms with E-state index in [2.05, 4.69) is 24.1 Å². The molecule has 122 valence electrons. The Kier molecular flexibility index (Phi) is 4.92. The summed E-state index contributed by atoms with van der Waals surface area (Å²) in [4.78, 5) is 2.94. The maximum Gasteiger partial charge on any atom is 0.0586 e. The van der Waals surface area contributed by atoms with Gasteiger partial charge in [0, 0.05) is 37.8 Å². The van der Waals surface area contributed by atoms with Gasteiger partial charge in [0.1, 0.15) is 0 Å². The monoisotopic (exact) mass is 294 g/mol. The average Bonchev–Trinajstić information content (AvgIpc) is 2.96. The van der Waals surface area contributed by atoms with Gasteiger partial charge < -0.3 is 10.1 Å². The van der Waals surface area contributed by atoms with Crippen LogP contribution in [0.5, 0.6) is 0 Å². The molecule has 3 rings (SSSR count). The van der Waals surface area contributed by atoms with Gasteiger partial charge in [-0.3, -0.25) is 4.90 Å². The van der Waals surface area contributed by atoms with Crippen molar-refractivity contribution in [3.8, 4) is 0 Å². The van der Waals surface area contributed by atoms with E-state index in [-0.39, 0.29) is 0 Å². The molecule has 1 saturated heterocycles. The van der Waals surface area contributed by atoms with Crippen LogP contribution < -0.4 is 5.32 Å². The van der Waals surface area contributed by atoms with Crippen LogP contribution in [0.4, 0.5) is 0 Å². The molecule has 1 spiro atoms. The van der Waals surface area contributed by atoms with Crippen LogP contribution in [-0.4, -0.2) is 48.8 Å². The summed E-state index contributed by atoms with van der Waals surface area (Å²) in [6.45, 7) is 7.19. The Morgan fingerprint density at radius 1 is 1.14 bits per heavy atom. The lowest BCUT2D eigenvalue weighted by molar-refractivity contribution is -0.0432. The lowest BCUT2D eigenvalue weighted by atomic mass is 9.82. The minimum absolute atomic E-state index is 0.464. The normalized spacial score (nSPS) is 37.4. The van der Waals surface area contributed by atoms with Crippen molar-refractivity contribution in [2.24, 2.45) is 5.92 Å². The minimum Gasteiger partial charge on any atom is -0.381 e. The average molecular weight is 294 g/mol. The Bertz CT molecular complexity index is 338. The highest BCUT2D eigenvalue weighted by Crippen LogP contribution is 2.41. The Labute approximate surface area is 130 Å². The van der Waals surface area contributed by atoms with E-state index in [1.54, 1.807) is 0 Å². The second-order valence-corrected chi connectivity index (χ2v) is 7.99. The van der Waals surface area contributed by atoms with Crippen molar-refractivity contribution in [2.45, 2.75) is 88.9 Å². The number of nitrogens with zero attached hydrogens (tertiary/aromatic N) is 1. The third kappa shape index (κ3) is 3.16. The summed E-state index contributed by atoms with van der Waals surface area (Å²) in [5.41, 5.74) is 0.464. The first-order valence-corrected chi connectivity index (χ1v) is 9.17. The Morgan fingerprint density at radius 2 is 1.90 bits per heavy atom. The van der Waals surface area contributed by atoms with Gasteiger partial charge in [-0.25, -0.2) is 0 Å². The predicted octanol–water partition coefficient (Wildman–Crippen LogP) is 3.19. The number of hydrogen-bond donors (Lipinski definition) is 1. The molecule has 3 aliphatic rings. The van der Waals surface area contributed by atoms with E-state index >= 15 is 0 Å². The highest BCUT2D eigenvalue weighted by molar-refractivity contribution is 5.05. The van der Waals surface area contributed by atoms with Crippen LogP contribution >= 0.6 is 0 Å². The van der Waals surface area contributed by atoms with Gasteiger partial charge in [0.15, 0.2) is 0 Å². The van der Waals surface area contributed by atoms with E-state index in [1.807, 2.05) is 7.11 Å². The van der Waals surface area contributed by atoms with Crippen molar-refractivity contribution in [3.05, 3.63) is 0 Å². The first-order chi connectivity index (χ1) is 10.1. The van der Waals surface area contributed by atoms with Gasteiger partial charge in [-0.2, -0.15) is 0 Å². The molecule has 0 aromatic rings. The molecule has 3 fully saturated rings. The molecule has 21 heavy (non-hydrogen) atoms. The molecule has 3 atom stereocenters. The summed E-state index contributed by atoms with van der Waals surface area (Å²) in [6, 6.07) is 1.42. The molecule has 0 amide bonds. The smallest absolute Gasteiger partial charge is 0.0586 e. The molecule has 1 aliphatic heterocycles. The number of nitrogens with one attached hydrogen (secondary N) is 1. The van der Waals surface area contributed by atoms with E-state index in [9.17, 15) is 0 Å². The molecule has 3 nitrogen and oxygen atoms in total.